The van der Waals surface area contributed by atoms with Crippen LogP contribution in [0.2, 0.25) is 0 Å². The molecule has 0 saturated heterocycles. The minimum Gasteiger partial charge on any atom is -0.494 e. The van der Waals surface area contributed by atoms with Gasteiger partial charge in [0, 0.05) is 22.5 Å². The van der Waals surface area contributed by atoms with Crippen molar-refractivity contribution in [2.24, 2.45) is 0 Å². The molecule has 44 heavy (non-hydrogen) atoms. The van der Waals surface area contributed by atoms with Gasteiger partial charge in [-0.25, -0.2) is 9.59 Å². The zero-order valence-electron chi connectivity index (χ0n) is 25.2. The van der Waals surface area contributed by atoms with Crippen molar-refractivity contribution in [3.8, 4) is 22.6 Å². The number of hydrogen-bond acceptors (Lipinski definition) is 8. The molecule has 0 radical (unpaired) electrons. The van der Waals surface area contributed by atoms with E-state index in [4.69, 9.17) is 18.9 Å². The summed E-state index contributed by atoms with van der Waals surface area (Å²) in [5, 5.41) is -0.0726. The minimum atomic E-state index is -0.388. The van der Waals surface area contributed by atoms with Crippen molar-refractivity contribution in [3.63, 3.8) is 0 Å². The monoisotopic (exact) mass is 614 g/mol. The number of hydrogen-bond donors (Lipinski definition) is 0. The summed E-state index contributed by atoms with van der Waals surface area (Å²) in [5.74, 6) is 0.702. The summed E-state index contributed by atoms with van der Waals surface area (Å²) in [6.45, 7) is 11.9. The zero-order chi connectivity index (χ0) is 31.7. The number of carbonyl (C=O) groups is 3. The molecule has 0 N–H and O–H groups in total. The van der Waals surface area contributed by atoms with Crippen molar-refractivity contribution in [1.82, 2.24) is 0 Å². The van der Waals surface area contributed by atoms with Crippen molar-refractivity contribution in [2.45, 2.75) is 38.0 Å². The fraction of sp³-hybridized carbons (Fsp3) is 0.250. The minimum absolute atomic E-state index is 0.0726. The summed E-state index contributed by atoms with van der Waals surface area (Å²) in [5.41, 5.74) is 3.80. The van der Waals surface area contributed by atoms with Crippen LogP contribution in [-0.2, 0) is 23.9 Å². The molecule has 0 fully saturated rings. The summed E-state index contributed by atoms with van der Waals surface area (Å²) < 4.78 is 21.6. The van der Waals surface area contributed by atoms with E-state index in [1.54, 1.807) is 26.0 Å². The highest BCUT2D eigenvalue weighted by Crippen LogP contribution is 2.25. The maximum absolute atomic E-state index is 12.5. The van der Waals surface area contributed by atoms with Crippen LogP contribution in [0.15, 0.2) is 108 Å². The first-order valence-corrected chi connectivity index (χ1v) is 15.1. The summed E-state index contributed by atoms with van der Waals surface area (Å²) in [6.07, 6.45) is 5.42. The SMILES string of the molecule is C=C(C)C(=O)OCCCCOc1ccc(SC(=O)/C=C/c2ccc(-c3ccc(OCCCOC(=O)C(=C)C)cc3)cc2)cc1. The lowest BCUT2D eigenvalue weighted by Crippen LogP contribution is -2.09. The highest BCUT2D eigenvalue weighted by atomic mass is 32.2. The first-order valence-electron chi connectivity index (χ1n) is 14.3. The zero-order valence-corrected chi connectivity index (χ0v) is 26.0. The Morgan fingerprint density at radius 1 is 0.636 bits per heavy atom. The third-order valence-electron chi connectivity index (χ3n) is 6.08. The van der Waals surface area contributed by atoms with Crippen LogP contribution in [0, 0.1) is 0 Å². The largest absolute Gasteiger partial charge is 0.494 e. The molecule has 0 atom stereocenters. The van der Waals surface area contributed by atoms with Gasteiger partial charge in [-0.15, -0.1) is 0 Å². The Balaban J connectivity index is 1.37. The van der Waals surface area contributed by atoms with E-state index in [0.29, 0.717) is 50.4 Å². The van der Waals surface area contributed by atoms with Crippen molar-refractivity contribution in [1.29, 1.82) is 0 Å². The number of benzene rings is 3. The number of unbranched alkanes of at least 4 members (excludes halogenated alkanes) is 1. The van der Waals surface area contributed by atoms with Gasteiger partial charge < -0.3 is 18.9 Å². The Hall–Kier alpha value is -4.56. The van der Waals surface area contributed by atoms with E-state index >= 15 is 0 Å². The molecule has 3 rings (SSSR count). The second kappa shape index (κ2) is 18.2. The van der Waals surface area contributed by atoms with Gasteiger partial charge in [0.25, 0.3) is 0 Å². The van der Waals surface area contributed by atoms with Gasteiger partial charge in [0.1, 0.15) is 11.5 Å². The Morgan fingerprint density at radius 2 is 1.09 bits per heavy atom. The van der Waals surface area contributed by atoms with Crippen LogP contribution in [0.1, 0.15) is 38.7 Å². The molecule has 3 aromatic rings. The summed E-state index contributed by atoms with van der Waals surface area (Å²) >= 11 is 1.15. The van der Waals surface area contributed by atoms with E-state index in [2.05, 4.69) is 13.2 Å². The number of carbonyl (C=O) groups excluding carboxylic acids is 3. The Labute approximate surface area is 263 Å². The average Bonchev–Trinajstić information content (AvgIpc) is 3.02. The molecule has 0 bridgehead atoms. The van der Waals surface area contributed by atoms with Crippen LogP contribution in [-0.4, -0.2) is 43.5 Å². The van der Waals surface area contributed by atoms with Gasteiger partial charge in [-0.1, -0.05) is 55.6 Å². The third-order valence-corrected chi connectivity index (χ3v) is 6.93. The topological polar surface area (TPSA) is 88.1 Å². The second-order valence-corrected chi connectivity index (χ2v) is 11.0. The second-order valence-electron chi connectivity index (χ2n) is 9.96. The molecule has 0 spiro atoms. The standard InChI is InChI=1S/C36H38O7S/c1-26(2)35(38)42-23-6-5-22-40-32-17-19-33(20-18-32)44-34(37)21-10-28-8-11-29(12-9-28)30-13-15-31(16-14-30)41-24-7-25-43-36(39)27(3)4/h8-21H,1,3,5-7,22-25H2,2,4H3/b21-10+. The molecule has 0 aliphatic heterocycles. The summed E-state index contributed by atoms with van der Waals surface area (Å²) in [4.78, 5) is 36.0. The first kappa shape index (κ1) is 33.9. The predicted octanol–water partition coefficient (Wildman–Crippen LogP) is 7.85. The number of esters is 2. The molecule has 3 aromatic carbocycles. The van der Waals surface area contributed by atoms with Crippen molar-refractivity contribution in [2.75, 3.05) is 26.4 Å². The van der Waals surface area contributed by atoms with Gasteiger partial charge in [0.2, 0.25) is 5.12 Å². The van der Waals surface area contributed by atoms with E-state index in [9.17, 15) is 14.4 Å². The van der Waals surface area contributed by atoms with Gasteiger partial charge in [0.15, 0.2) is 0 Å². The molecular formula is C36H38O7S. The van der Waals surface area contributed by atoms with Gasteiger partial charge in [-0.05, 0) is 97.6 Å². The van der Waals surface area contributed by atoms with Gasteiger partial charge in [-0.2, -0.15) is 0 Å². The Bertz CT molecular complexity index is 1440. The molecule has 0 heterocycles. The maximum Gasteiger partial charge on any atom is 0.333 e. The van der Waals surface area contributed by atoms with Crippen LogP contribution >= 0.6 is 11.8 Å². The molecule has 0 unspecified atom stereocenters. The van der Waals surface area contributed by atoms with Crippen molar-refractivity contribution in [3.05, 3.63) is 109 Å². The van der Waals surface area contributed by atoms with E-state index < -0.39 is 0 Å². The number of thioether (sulfide) groups is 1. The molecule has 8 heteroatoms. The number of rotatable bonds is 17. The van der Waals surface area contributed by atoms with Gasteiger partial charge >= 0.3 is 11.9 Å². The third kappa shape index (κ3) is 12.4. The van der Waals surface area contributed by atoms with Crippen molar-refractivity contribution < 1.29 is 33.3 Å². The molecule has 0 amide bonds. The Kier molecular flexibility index (Phi) is 14.0. The summed E-state index contributed by atoms with van der Waals surface area (Å²) in [7, 11) is 0. The fourth-order valence-electron chi connectivity index (χ4n) is 3.67. The lowest BCUT2D eigenvalue weighted by Gasteiger charge is -2.08. The average molecular weight is 615 g/mol. The highest BCUT2D eigenvalue weighted by molar-refractivity contribution is 8.14. The maximum atomic E-state index is 12.5. The van der Waals surface area contributed by atoms with E-state index in [0.717, 1.165) is 51.3 Å². The normalized spacial score (nSPS) is 10.7. The van der Waals surface area contributed by atoms with Crippen LogP contribution in [0.3, 0.4) is 0 Å². The Morgan fingerprint density at radius 3 is 1.64 bits per heavy atom. The van der Waals surface area contributed by atoms with Crippen LogP contribution in [0.4, 0.5) is 0 Å². The molecule has 0 aliphatic rings. The van der Waals surface area contributed by atoms with Crippen LogP contribution in [0.5, 0.6) is 11.5 Å². The smallest absolute Gasteiger partial charge is 0.333 e. The van der Waals surface area contributed by atoms with E-state index in [-0.39, 0.29) is 17.1 Å². The van der Waals surface area contributed by atoms with Gasteiger partial charge in [0.05, 0.1) is 26.4 Å². The summed E-state index contributed by atoms with van der Waals surface area (Å²) in [6, 6.07) is 23.1. The molecule has 7 nitrogen and oxygen atoms in total. The molecule has 0 aromatic heterocycles. The lowest BCUT2D eigenvalue weighted by atomic mass is 10.0. The molecular weight excluding hydrogens is 576 g/mol. The molecule has 0 aliphatic carbocycles. The van der Waals surface area contributed by atoms with E-state index in [1.807, 2.05) is 72.8 Å². The molecule has 230 valence electrons. The van der Waals surface area contributed by atoms with Crippen LogP contribution < -0.4 is 9.47 Å². The van der Waals surface area contributed by atoms with Crippen molar-refractivity contribution >= 4 is 34.9 Å². The number of ether oxygens (including phenoxy) is 4. The first-order chi connectivity index (χ1) is 21.2. The highest BCUT2D eigenvalue weighted by Gasteiger charge is 2.05. The van der Waals surface area contributed by atoms with Crippen LogP contribution in [0.25, 0.3) is 17.2 Å². The lowest BCUT2D eigenvalue weighted by molar-refractivity contribution is -0.140. The quantitative estimate of drug-likeness (QED) is 0.0657. The fourth-order valence-corrected chi connectivity index (χ4v) is 4.31. The van der Waals surface area contributed by atoms with Gasteiger partial charge in [-0.3, -0.25) is 4.79 Å². The predicted molar refractivity (Wildman–Crippen MR) is 175 cm³/mol. The molecule has 0 saturated carbocycles. The van der Waals surface area contributed by atoms with E-state index in [1.165, 1.54) is 0 Å².